The zero-order valence-electron chi connectivity index (χ0n) is 4.28. The van der Waals surface area contributed by atoms with Gasteiger partial charge in [-0.1, -0.05) is 0 Å². The molecule has 0 amide bonds. The van der Waals surface area contributed by atoms with E-state index in [0.29, 0.717) is 0 Å². The third kappa shape index (κ3) is 10.9. The van der Waals surface area contributed by atoms with Crippen LogP contribution in [-0.2, 0) is 19.5 Å². The van der Waals surface area contributed by atoms with Crippen molar-refractivity contribution in [1.29, 1.82) is 0 Å². The third-order valence-electron chi connectivity index (χ3n) is 0.398. The van der Waals surface area contributed by atoms with Gasteiger partial charge >= 0.3 is 19.5 Å². The summed E-state index contributed by atoms with van der Waals surface area (Å²) in [5, 5.41) is 2.90. The average molecular weight is 171 g/mol. The third-order valence-corrected chi connectivity index (χ3v) is 0.553. The van der Waals surface area contributed by atoms with Crippen molar-refractivity contribution in [3.63, 3.8) is 0 Å². The Bertz CT molecular complexity index is 23.7. The van der Waals surface area contributed by atoms with Crippen molar-refractivity contribution in [2.45, 2.75) is 0 Å². The summed E-state index contributed by atoms with van der Waals surface area (Å²) in [5.74, 6) is 1.53. The Kier molecular flexibility index (Phi) is 15.4. The van der Waals surface area contributed by atoms with Crippen LogP contribution in [0, 0.1) is 12.8 Å². The van der Waals surface area contributed by atoms with E-state index >= 15 is 0 Å². The predicted molar refractivity (Wildman–Crippen MR) is 28.4 cm³/mol. The number of nitrogens with one attached hydrogen (secondary N) is 1. The topological polar surface area (TPSA) is 12.0 Å². The summed E-state index contributed by atoms with van der Waals surface area (Å²) < 4.78 is 0. The molecule has 0 radical (unpaired) electrons. The molecule has 38 valence electrons. The maximum Gasteiger partial charge on any atom is 2.00 e. The second-order valence-corrected chi connectivity index (χ2v) is 1.17. The Morgan fingerprint density at radius 2 is 2.29 bits per heavy atom. The van der Waals surface area contributed by atoms with Gasteiger partial charge < -0.3 is 23.8 Å². The molecule has 0 aliphatic carbocycles. The molecule has 0 unspecified atom stereocenters. The fourth-order valence-corrected chi connectivity index (χ4v) is 0.266. The molecule has 0 aliphatic rings. The van der Waals surface area contributed by atoms with Crippen LogP contribution < -0.4 is 5.32 Å². The van der Waals surface area contributed by atoms with Crippen molar-refractivity contribution in [3.05, 3.63) is 12.8 Å². The molecule has 0 aromatic carbocycles. The van der Waals surface area contributed by atoms with Crippen molar-refractivity contribution < 1.29 is 19.5 Å². The van der Waals surface area contributed by atoms with Gasteiger partial charge in [0, 0.05) is 0 Å². The zero-order chi connectivity index (χ0) is 4.83. The molecule has 0 bridgehead atoms. The molecule has 1 nitrogen and oxygen atoms in total. The molecule has 0 aromatic heterocycles. The molecule has 0 heterocycles. The first-order chi connectivity index (χ1) is 2.91. The molecular formula is C4H8ClNZn. The maximum atomic E-state index is 5.17. The molecule has 0 aromatic rings. The average Bonchev–Trinajstić information content (AvgIpc) is 1.61. The summed E-state index contributed by atoms with van der Waals surface area (Å²) in [6, 6.07) is 0. The van der Waals surface area contributed by atoms with Crippen LogP contribution in [0.15, 0.2) is 0 Å². The molecule has 0 spiro atoms. The summed E-state index contributed by atoms with van der Waals surface area (Å²) >= 11 is 5.17. The monoisotopic (exact) mass is 169 g/mol. The van der Waals surface area contributed by atoms with Crippen molar-refractivity contribution in [3.8, 4) is 0 Å². The van der Waals surface area contributed by atoms with Gasteiger partial charge in [0.25, 0.3) is 0 Å². The van der Waals surface area contributed by atoms with Gasteiger partial charge in [0.05, 0.1) is 0 Å². The first-order valence-electron chi connectivity index (χ1n) is 1.83. The Hall–Kier alpha value is 0.873. The number of hydrogen-bond donors (Lipinski definition) is 1. The minimum atomic E-state index is 0. The Labute approximate surface area is 62.6 Å². The van der Waals surface area contributed by atoms with E-state index in [4.69, 9.17) is 11.6 Å². The molecule has 0 rings (SSSR count). The van der Waals surface area contributed by atoms with Gasteiger partial charge in [0.1, 0.15) is 0 Å². The Morgan fingerprint density at radius 3 is 2.43 bits per heavy atom. The van der Waals surface area contributed by atoms with Gasteiger partial charge in [0.2, 0.25) is 0 Å². The van der Waals surface area contributed by atoms with Gasteiger partial charge in [-0.3, -0.25) is 0 Å². The molecular weight excluding hydrogens is 163 g/mol. The second-order valence-electron chi connectivity index (χ2n) is 0.858. The molecule has 0 saturated heterocycles. The SMILES string of the molecule is [CH2-]CNC[CH-]Cl.[Zn+2]. The summed E-state index contributed by atoms with van der Waals surface area (Å²) in [4.78, 5) is 0. The normalized spacial score (nSPS) is 7.71. The molecule has 1 N–H and O–H groups in total. The quantitative estimate of drug-likeness (QED) is 0.376. The van der Waals surface area contributed by atoms with E-state index in [1.165, 1.54) is 5.88 Å². The molecule has 0 aliphatic heterocycles. The van der Waals surface area contributed by atoms with E-state index in [1.54, 1.807) is 0 Å². The van der Waals surface area contributed by atoms with E-state index in [-0.39, 0.29) is 19.5 Å². The second kappa shape index (κ2) is 9.98. The minimum absolute atomic E-state index is 0. The van der Waals surface area contributed by atoms with E-state index < -0.39 is 0 Å². The molecule has 0 saturated carbocycles. The Balaban J connectivity index is 0. The van der Waals surface area contributed by atoms with Crippen LogP contribution in [0.2, 0.25) is 0 Å². The fraction of sp³-hybridized carbons (Fsp3) is 0.500. The zero-order valence-corrected chi connectivity index (χ0v) is 8.01. The molecule has 0 fully saturated rings. The van der Waals surface area contributed by atoms with Crippen molar-refractivity contribution in [2.24, 2.45) is 0 Å². The first-order valence-corrected chi connectivity index (χ1v) is 2.27. The summed E-state index contributed by atoms with van der Waals surface area (Å²) in [6.07, 6.45) is 0. The van der Waals surface area contributed by atoms with E-state index in [9.17, 15) is 0 Å². The summed E-state index contributed by atoms with van der Waals surface area (Å²) in [5.41, 5.74) is 0. The summed E-state index contributed by atoms with van der Waals surface area (Å²) in [6.45, 7) is 5.01. The van der Waals surface area contributed by atoms with Gasteiger partial charge in [0.15, 0.2) is 0 Å². The van der Waals surface area contributed by atoms with Crippen LogP contribution in [0.3, 0.4) is 0 Å². The van der Waals surface area contributed by atoms with Crippen molar-refractivity contribution in [2.75, 3.05) is 13.1 Å². The van der Waals surface area contributed by atoms with E-state index in [0.717, 1.165) is 13.1 Å². The van der Waals surface area contributed by atoms with Crippen LogP contribution in [0.25, 0.3) is 0 Å². The van der Waals surface area contributed by atoms with E-state index in [1.807, 2.05) is 0 Å². The van der Waals surface area contributed by atoms with E-state index in [2.05, 4.69) is 12.2 Å². The first kappa shape index (κ1) is 10.8. The van der Waals surface area contributed by atoms with Gasteiger partial charge in [-0.15, -0.1) is 13.1 Å². The number of halogens is 1. The van der Waals surface area contributed by atoms with Crippen molar-refractivity contribution in [1.82, 2.24) is 5.32 Å². The van der Waals surface area contributed by atoms with Crippen LogP contribution in [0.4, 0.5) is 0 Å². The predicted octanol–water partition coefficient (Wildman–Crippen LogP) is 0.808. The molecule has 7 heavy (non-hydrogen) atoms. The smallest absolute Gasteiger partial charge is 0.375 e. The Morgan fingerprint density at radius 1 is 1.71 bits per heavy atom. The fourth-order valence-electron chi connectivity index (χ4n) is 0.157. The summed E-state index contributed by atoms with van der Waals surface area (Å²) in [7, 11) is 0. The van der Waals surface area contributed by atoms with Gasteiger partial charge in [-0.2, -0.15) is 0 Å². The van der Waals surface area contributed by atoms with Gasteiger partial charge in [-0.25, -0.2) is 5.88 Å². The largest absolute Gasteiger partial charge is 2.00 e. The van der Waals surface area contributed by atoms with Gasteiger partial charge in [-0.05, 0) is 0 Å². The van der Waals surface area contributed by atoms with Crippen LogP contribution >= 0.6 is 11.6 Å². The minimum Gasteiger partial charge on any atom is -0.375 e. The van der Waals surface area contributed by atoms with Crippen molar-refractivity contribution >= 4 is 11.6 Å². The van der Waals surface area contributed by atoms with Crippen LogP contribution in [0.5, 0.6) is 0 Å². The van der Waals surface area contributed by atoms with Crippen LogP contribution in [0.1, 0.15) is 0 Å². The molecule has 3 heteroatoms. The standard InChI is InChI=1S/C4H8ClN.Zn/c1-2-6-4-3-5;/h3,6H,1-2,4H2;/q-2;+2. The maximum absolute atomic E-state index is 5.17. The number of hydrogen-bond acceptors (Lipinski definition) is 1. The molecule has 0 atom stereocenters. The van der Waals surface area contributed by atoms with Crippen LogP contribution in [-0.4, -0.2) is 13.1 Å². The number of rotatable bonds is 3.